The maximum absolute atomic E-state index is 11.8. The fourth-order valence-corrected chi connectivity index (χ4v) is 1.36. The Balaban J connectivity index is 3.00. The summed E-state index contributed by atoms with van der Waals surface area (Å²) in [6.45, 7) is 0. The summed E-state index contributed by atoms with van der Waals surface area (Å²) in [6.07, 6.45) is -0.747. The second-order valence-corrected chi connectivity index (χ2v) is 3.48. The molecular weight excluding hydrogens is 226 g/mol. The first-order chi connectivity index (χ1) is 7.91. The number of aliphatic carboxylic acids is 2. The fraction of sp³-hybridized carbons (Fsp3) is 0.182. The number of hydrogen-bond acceptors (Lipinski definition) is 4. The van der Waals surface area contributed by atoms with E-state index in [1.54, 1.807) is 6.07 Å². The molecule has 0 aromatic heterocycles. The van der Waals surface area contributed by atoms with Crippen molar-refractivity contribution in [1.82, 2.24) is 0 Å². The third-order valence-electron chi connectivity index (χ3n) is 2.16. The summed E-state index contributed by atoms with van der Waals surface area (Å²) in [7, 11) is 0. The Morgan fingerprint density at radius 2 is 1.88 bits per heavy atom. The third kappa shape index (κ3) is 3.30. The summed E-state index contributed by atoms with van der Waals surface area (Å²) in [6, 6.07) is 5.77. The standard InChI is InChI=1S/C11H11NO5/c12-7-3-1-2-6(4-7)10(15)8(11(16)17)5-9(13)14/h1-4,8H,5,12H2,(H,13,14)(H,16,17). The van der Waals surface area contributed by atoms with Gasteiger partial charge in [-0.25, -0.2) is 0 Å². The second-order valence-electron chi connectivity index (χ2n) is 3.48. The van der Waals surface area contributed by atoms with Crippen LogP contribution in [0.15, 0.2) is 24.3 Å². The molecule has 17 heavy (non-hydrogen) atoms. The number of carbonyl (C=O) groups excluding carboxylic acids is 1. The molecule has 0 spiro atoms. The van der Waals surface area contributed by atoms with Crippen molar-refractivity contribution < 1.29 is 24.6 Å². The predicted molar refractivity (Wildman–Crippen MR) is 58.6 cm³/mol. The van der Waals surface area contributed by atoms with Crippen LogP contribution >= 0.6 is 0 Å². The number of hydrogen-bond donors (Lipinski definition) is 3. The molecule has 1 aromatic rings. The van der Waals surface area contributed by atoms with Crippen LogP contribution in [0.5, 0.6) is 0 Å². The number of nitrogens with two attached hydrogens (primary N) is 1. The van der Waals surface area contributed by atoms with E-state index in [1.807, 2.05) is 0 Å². The van der Waals surface area contributed by atoms with Gasteiger partial charge in [0, 0.05) is 11.3 Å². The minimum absolute atomic E-state index is 0.0960. The molecule has 0 heterocycles. The molecule has 1 aromatic carbocycles. The fourth-order valence-electron chi connectivity index (χ4n) is 1.36. The van der Waals surface area contributed by atoms with Crippen LogP contribution < -0.4 is 5.73 Å². The van der Waals surface area contributed by atoms with Crippen LogP contribution in [0.25, 0.3) is 0 Å². The van der Waals surface area contributed by atoms with Crippen LogP contribution in [0.3, 0.4) is 0 Å². The molecule has 0 aliphatic heterocycles. The first kappa shape index (κ1) is 12.7. The van der Waals surface area contributed by atoms with Crippen LogP contribution in [0.4, 0.5) is 5.69 Å². The average molecular weight is 237 g/mol. The second kappa shape index (κ2) is 5.11. The molecule has 0 radical (unpaired) electrons. The molecule has 90 valence electrons. The lowest BCUT2D eigenvalue weighted by Crippen LogP contribution is -2.26. The normalized spacial score (nSPS) is 11.8. The molecule has 0 aliphatic carbocycles. The van der Waals surface area contributed by atoms with Crippen LogP contribution in [0.2, 0.25) is 0 Å². The van der Waals surface area contributed by atoms with Crippen molar-refractivity contribution in [2.75, 3.05) is 5.73 Å². The Hall–Kier alpha value is -2.37. The van der Waals surface area contributed by atoms with Crippen LogP contribution in [-0.2, 0) is 9.59 Å². The Morgan fingerprint density at radius 1 is 1.24 bits per heavy atom. The van der Waals surface area contributed by atoms with Crippen LogP contribution in [-0.4, -0.2) is 27.9 Å². The van der Waals surface area contributed by atoms with E-state index in [4.69, 9.17) is 15.9 Å². The van der Waals surface area contributed by atoms with Crippen molar-refractivity contribution >= 4 is 23.4 Å². The number of benzene rings is 1. The molecule has 6 nitrogen and oxygen atoms in total. The quantitative estimate of drug-likeness (QED) is 0.392. The number of Topliss-reactive ketones (excluding diaryl/α,β-unsaturated/α-hetero) is 1. The summed E-state index contributed by atoms with van der Waals surface area (Å²) >= 11 is 0. The molecule has 1 unspecified atom stereocenters. The highest BCUT2D eigenvalue weighted by Gasteiger charge is 2.29. The summed E-state index contributed by atoms with van der Waals surface area (Å²) in [4.78, 5) is 33.1. The molecule has 0 fully saturated rings. The summed E-state index contributed by atoms with van der Waals surface area (Å²) in [5, 5.41) is 17.4. The summed E-state index contributed by atoms with van der Waals surface area (Å²) in [5.74, 6) is -5.14. The Labute approximate surface area is 96.7 Å². The maximum Gasteiger partial charge on any atom is 0.315 e. The van der Waals surface area contributed by atoms with Crippen LogP contribution in [0.1, 0.15) is 16.8 Å². The lowest BCUT2D eigenvalue weighted by Gasteiger charge is -2.09. The van der Waals surface area contributed by atoms with E-state index in [-0.39, 0.29) is 5.56 Å². The molecule has 0 saturated carbocycles. The van der Waals surface area contributed by atoms with E-state index >= 15 is 0 Å². The monoisotopic (exact) mass is 237 g/mol. The predicted octanol–water partition coefficient (Wildman–Crippen LogP) is 0.627. The van der Waals surface area contributed by atoms with Crippen LogP contribution in [0, 0.1) is 5.92 Å². The molecule has 0 amide bonds. The number of ketones is 1. The van der Waals surface area contributed by atoms with Gasteiger partial charge in [-0.2, -0.15) is 0 Å². The highest BCUT2D eigenvalue weighted by molar-refractivity contribution is 6.10. The Bertz CT molecular complexity index is 469. The number of carbonyl (C=O) groups is 3. The van der Waals surface area contributed by atoms with E-state index in [9.17, 15) is 14.4 Å². The maximum atomic E-state index is 11.8. The number of carboxylic acid groups (broad SMARTS) is 2. The van der Waals surface area contributed by atoms with Gasteiger partial charge in [0.25, 0.3) is 0 Å². The number of carboxylic acids is 2. The van der Waals surface area contributed by atoms with Gasteiger partial charge in [0.05, 0.1) is 6.42 Å². The molecular formula is C11H11NO5. The van der Waals surface area contributed by atoms with Gasteiger partial charge in [0.2, 0.25) is 0 Å². The number of nitrogen functional groups attached to an aromatic ring is 1. The van der Waals surface area contributed by atoms with Gasteiger partial charge in [0.15, 0.2) is 5.78 Å². The molecule has 1 rings (SSSR count). The van der Waals surface area contributed by atoms with Crippen molar-refractivity contribution in [1.29, 1.82) is 0 Å². The highest BCUT2D eigenvalue weighted by Crippen LogP contribution is 2.15. The van der Waals surface area contributed by atoms with Crippen molar-refractivity contribution in [3.63, 3.8) is 0 Å². The Morgan fingerprint density at radius 3 is 2.35 bits per heavy atom. The van der Waals surface area contributed by atoms with E-state index in [1.165, 1.54) is 18.2 Å². The number of anilines is 1. The van der Waals surface area contributed by atoms with Gasteiger partial charge in [-0.3, -0.25) is 14.4 Å². The molecule has 1 atom stereocenters. The zero-order chi connectivity index (χ0) is 13.0. The van der Waals surface area contributed by atoms with E-state index < -0.39 is 30.1 Å². The lowest BCUT2D eigenvalue weighted by atomic mass is 9.94. The zero-order valence-electron chi connectivity index (χ0n) is 8.79. The van der Waals surface area contributed by atoms with Crippen molar-refractivity contribution in [3.05, 3.63) is 29.8 Å². The minimum Gasteiger partial charge on any atom is -0.481 e. The van der Waals surface area contributed by atoms with Gasteiger partial charge < -0.3 is 15.9 Å². The molecule has 4 N–H and O–H groups in total. The van der Waals surface area contributed by atoms with Gasteiger partial charge in [-0.15, -0.1) is 0 Å². The van der Waals surface area contributed by atoms with Crippen molar-refractivity contribution in [2.45, 2.75) is 6.42 Å². The smallest absolute Gasteiger partial charge is 0.315 e. The van der Waals surface area contributed by atoms with Gasteiger partial charge >= 0.3 is 11.9 Å². The average Bonchev–Trinajstić information content (AvgIpc) is 2.24. The number of rotatable bonds is 5. The van der Waals surface area contributed by atoms with E-state index in [0.29, 0.717) is 5.69 Å². The SMILES string of the molecule is Nc1cccc(C(=O)C(CC(=O)O)C(=O)O)c1. The molecule has 0 bridgehead atoms. The summed E-state index contributed by atoms with van der Waals surface area (Å²) < 4.78 is 0. The first-order valence-corrected chi connectivity index (χ1v) is 4.76. The van der Waals surface area contributed by atoms with Crippen molar-refractivity contribution in [3.8, 4) is 0 Å². The lowest BCUT2D eigenvalue weighted by molar-refractivity contribution is -0.146. The first-order valence-electron chi connectivity index (χ1n) is 4.76. The topological polar surface area (TPSA) is 118 Å². The molecule has 6 heteroatoms. The highest BCUT2D eigenvalue weighted by atomic mass is 16.4. The molecule has 0 saturated heterocycles. The molecule has 0 aliphatic rings. The summed E-state index contributed by atoms with van der Waals surface area (Å²) in [5.41, 5.74) is 5.87. The van der Waals surface area contributed by atoms with Gasteiger partial charge in [0.1, 0.15) is 5.92 Å². The van der Waals surface area contributed by atoms with Gasteiger partial charge in [-0.1, -0.05) is 12.1 Å². The van der Waals surface area contributed by atoms with Crippen molar-refractivity contribution in [2.24, 2.45) is 5.92 Å². The minimum atomic E-state index is -1.59. The van der Waals surface area contributed by atoms with E-state index in [0.717, 1.165) is 0 Å². The third-order valence-corrected chi connectivity index (χ3v) is 2.16. The van der Waals surface area contributed by atoms with Gasteiger partial charge in [-0.05, 0) is 12.1 Å². The largest absolute Gasteiger partial charge is 0.481 e. The zero-order valence-corrected chi connectivity index (χ0v) is 8.79. The van der Waals surface area contributed by atoms with E-state index in [2.05, 4.69) is 0 Å². The Kier molecular flexibility index (Phi) is 3.82.